The van der Waals surface area contributed by atoms with Crippen LogP contribution >= 0.6 is 0 Å². The number of rotatable bonds is 3. The maximum atomic E-state index is 11.8. The number of piperazine rings is 1. The SMILES string of the molecule is CNS(=O)(=O)c1ccc(N2CCN(C)CC2C)cc1N. The molecule has 0 saturated carbocycles. The third-order valence-corrected chi connectivity index (χ3v) is 5.20. The fourth-order valence-corrected chi connectivity index (χ4v) is 3.43. The second kappa shape index (κ2) is 5.59. The Morgan fingerprint density at radius 2 is 2.05 bits per heavy atom. The number of likely N-dealkylation sites (N-methyl/N-ethyl adjacent to an activating group) is 1. The standard InChI is InChI=1S/C13H22N4O2S/c1-10-9-16(3)6-7-17(10)11-4-5-13(12(14)8-11)20(18,19)15-2/h4-5,8,10,15H,6-7,9,14H2,1-3H3. The molecule has 1 saturated heterocycles. The van der Waals surface area contributed by atoms with E-state index in [9.17, 15) is 8.42 Å². The van der Waals surface area contributed by atoms with E-state index in [0.717, 1.165) is 25.3 Å². The smallest absolute Gasteiger partial charge is 0.242 e. The van der Waals surface area contributed by atoms with Crippen molar-refractivity contribution in [2.75, 3.05) is 44.4 Å². The second-order valence-corrected chi connectivity index (χ2v) is 7.09. The second-order valence-electron chi connectivity index (χ2n) is 5.23. The lowest BCUT2D eigenvalue weighted by Crippen LogP contribution is -2.50. The molecule has 1 atom stereocenters. The van der Waals surface area contributed by atoms with Crippen LogP contribution in [0.2, 0.25) is 0 Å². The van der Waals surface area contributed by atoms with Crippen LogP contribution in [0.5, 0.6) is 0 Å². The van der Waals surface area contributed by atoms with Gasteiger partial charge in [0.05, 0.1) is 5.69 Å². The first-order valence-corrected chi connectivity index (χ1v) is 8.11. The number of sulfonamides is 1. The van der Waals surface area contributed by atoms with Crippen molar-refractivity contribution in [2.24, 2.45) is 0 Å². The van der Waals surface area contributed by atoms with Crippen molar-refractivity contribution in [3.63, 3.8) is 0 Å². The van der Waals surface area contributed by atoms with E-state index in [2.05, 4.69) is 28.5 Å². The highest BCUT2D eigenvalue weighted by Crippen LogP contribution is 2.27. The molecular weight excluding hydrogens is 276 g/mol. The van der Waals surface area contributed by atoms with Gasteiger partial charge in [0.15, 0.2) is 0 Å². The number of hydrogen-bond acceptors (Lipinski definition) is 5. The Morgan fingerprint density at radius 3 is 2.60 bits per heavy atom. The minimum atomic E-state index is -3.50. The largest absolute Gasteiger partial charge is 0.398 e. The van der Waals surface area contributed by atoms with E-state index in [1.807, 2.05) is 6.07 Å². The van der Waals surface area contributed by atoms with Gasteiger partial charge in [-0.2, -0.15) is 0 Å². The Balaban J connectivity index is 2.30. The third-order valence-electron chi connectivity index (χ3n) is 3.71. The van der Waals surface area contributed by atoms with Crippen LogP contribution in [0.3, 0.4) is 0 Å². The molecule has 20 heavy (non-hydrogen) atoms. The van der Waals surface area contributed by atoms with Crippen molar-refractivity contribution in [1.82, 2.24) is 9.62 Å². The normalized spacial score (nSPS) is 21.1. The Bertz CT molecular complexity index is 588. The molecule has 1 aromatic carbocycles. The lowest BCUT2D eigenvalue weighted by Gasteiger charge is -2.40. The minimum Gasteiger partial charge on any atom is -0.398 e. The number of nitrogens with one attached hydrogen (secondary N) is 1. The molecule has 2 rings (SSSR count). The van der Waals surface area contributed by atoms with Crippen molar-refractivity contribution in [3.8, 4) is 0 Å². The van der Waals surface area contributed by atoms with E-state index in [-0.39, 0.29) is 10.6 Å². The highest BCUT2D eigenvalue weighted by molar-refractivity contribution is 7.89. The molecule has 1 heterocycles. The van der Waals surface area contributed by atoms with Crippen molar-refractivity contribution < 1.29 is 8.42 Å². The van der Waals surface area contributed by atoms with E-state index in [1.165, 1.54) is 7.05 Å². The van der Waals surface area contributed by atoms with Crippen LogP contribution in [0, 0.1) is 0 Å². The zero-order valence-corrected chi connectivity index (χ0v) is 12.9. The maximum Gasteiger partial charge on any atom is 0.242 e. The number of benzene rings is 1. The summed E-state index contributed by atoms with van der Waals surface area (Å²) in [4.78, 5) is 4.67. The lowest BCUT2D eigenvalue weighted by molar-refractivity contribution is 0.275. The van der Waals surface area contributed by atoms with Gasteiger partial charge in [-0.3, -0.25) is 0 Å². The lowest BCUT2D eigenvalue weighted by atomic mass is 10.1. The summed E-state index contributed by atoms with van der Waals surface area (Å²) in [7, 11) is -0.0182. The molecule has 0 bridgehead atoms. The van der Waals surface area contributed by atoms with Gasteiger partial charge in [0.25, 0.3) is 0 Å². The first-order valence-electron chi connectivity index (χ1n) is 6.63. The fraction of sp³-hybridized carbons (Fsp3) is 0.538. The van der Waals surface area contributed by atoms with Crippen LogP contribution in [0.4, 0.5) is 11.4 Å². The molecule has 0 aromatic heterocycles. The maximum absolute atomic E-state index is 11.8. The summed E-state index contributed by atoms with van der Waals surface area (Å²) in [5, 5.41) is 0. The summed E-state index contributed by atoms with van der Waals surface area (Å²) in [6.07, 6.45) is 0. The molecule has 1 aliphatic rings. The van der Waals surface area contributed by atoms with Crippen molar-refractivity contribution in [2.45, 2.75) is 17.9 Å². The highest BCUT2D eigenvalue weighted by atomic mass is 32.2. The summed E-state index contributed by atoms with van der Waals surface area (Å²) in [6.45, 7) is 5.04. The molecule has 1 unspecified atom stereocenters. The van der Waals surface area contributed by atoms with E-state index in [4.69, 9.17) is 5.73 Å². The molecule has 3 N–H and O–H groups in total. The van der Waals surface area contributed by atoms with E-state index >= 15 is 0 Å². The highest BCUT2D eigenvalue weighted by Gasteiger charge is 2.23. The zero-order valence-electron chi connectivity index (χ0n) is 12.1. The van der Waals surface area contributed by atoms with Gasteiger partial charge in [-0.25, -0.2) is 13.1 Å². The first kappa shape index (κ1) is 15.1. The molecule has 0 spiro atoms. The third kappa shape index (κ3) is 2.89. The Labute approximate surface area is 120 Å². The van der Waals surface area contributed by atoms with Gasteiger partial charge in [-0.1, -0.05) is 0 Å². The molecule has 6 nitrogen and oxygen atoms in total. The van der Waals surface area contributed by atoms with E-state index in [1.54, 1.807) is 12.1 Å². The predicted octanol–water partition coefficient (Wildman–Crippen LogP) is 0.317. The van der Waals surface area contributed by atoms with Gasteiger partial charge >= 0.3 is 0 Å². The van der Waals surface area contributed by atoms with Gasteiger partial charge in [0.2, 0.25) is 10.0 Å². The van der Waals surface area contributed by atoms with Crippen LogP contribution in [-0.2, 0) is 10.0 Å². The number of nitrogen functional groups attached to an aromatic ring is 1. The number of hydrogen-bond donors (Lipinski definition) is 2. The van der Waals surface area contributed by atoms with Crippen LogP contribution in [0.15, 0.2) is 23.1 Å². The van der Waals surface area contributed by atoms with Crippen LogP contribution < -0.4 is 15.4 Å². The molecule has 7 heteroatoms. The minimum absolute atomic E-state index is 0.130. The first-order chi connectivity index (χ1) is 9.35. The quantitative estimate of drug-likeness (QED) is 0.786. The molecule has 0 radical (unpaired) electrons. The Morgan fingerprint density at radius 1 is 1.35 bits per heavy atom. The summed E-state index contributed by atoms with van der Waals surface area (Å²) >= 11 is 0. The van der Waals surface area contributed by atoms with Gasteiger partial charge in [-0.15, -0.1) is 0 Å². The molecule has 1 fully saturated rings. The average Bonchev–Trinajstić information content (AvgIpc) is 2.38. The van der Waals surface area contributed by atoms with E-state index in [0.29, 0.717) is 6.04 Å². The molecule has 1 aromatic rings. The van der Waals surface area contributed by atoms with Crippen molar-refractivity contribution in [3.05, 3.63) is 18.2 Å². The molecule has 1 aliphatic heterocycles. The number of anilines is 2. The molecule has 0 aliphatic carbocycles. The van der Waals surface area contributed by atoms with Crippen LogP contribution in [0.1, 0.15) is 6.92 Å². The van der Waals surface area contributed by atoms with E-state index < -0.39 is 10.0 Å². The molecule has 0 amide bonds. The number of nitrogens with two attached hydrogens (primary N) is 1. The fourth-order valence-electron chi connectivity index (χ4n) is 2.59. The molecular formula is C13H22N4O2S. The summed E-state index contributed by atoms with van der Waals surface area (Å²) in [6, 6.07) is 5.51. The Hall–Kier alpha value is -1.31. The van der Waals surface area contributed by atoms with Crippen LogP contribution in [-0.4, -0.2) is 53.1 Å². The van der Waals surface area contributed by atoms with Crippen molar-refractivity contribution >= 4 is 21.4 Å². The van der Waals surface area contributed by atoms with Crippen molar-refractivity contribution in [1.29, 1.82) is 0 Å². The predicted molar refractivity (Wildman–Crippen MR) is 81.4 cm³/mol. The van der Waals surface area contributed by atoms with Gasteiger partial charge in [0.1, 0.15) is 4.90 Å². The van der Waals surface area contributed by atoms with Gasteiger partial charge in [-0.05, 0) is 39.2 Å². The van der Waals surface area contributed by atoms with Gasteiger partial charge in [0, 0.05) is 31.4 Å². The summed E-state index contributed by atoms with van der Waals surface area (Å²) < 4.78 is 25.9. The summed E-state index contributed by atoms with van der Waals surface area (Å²) in [5.74, 6) is 0. The van der Waals surface area contributed by atoms with Gasteiger partial charge < -0.3 is 15.5 Å². The van der Waals surface area contributed by atoms with Crippen LogP contribution in [0.25, 0.3) is 0 Å². The average molecular weight is 298 g/mol. The Kier molecular flexibility index (Phi) is 4.22. The monoisotopic (exact) mass is 298 g/mol. The molecule has 112 valence electrons. The summed E-state index contributed by atoms with van der Waals surface area (Å²) in [5.41, 5.74) is 7.16. The zero-order chi connectivity index (χ0) is 14.9. The topological polar surface area (TPSA) is 78.7 Å². The number of nitrogens with zero attached hydrogens (tertiary/aromatic N) is 2.